The van der Waals surface area contributed by atoms with Gasteiger partial charge < -0.3 is 10.6 Å². The summed E-state index contributed by atoms with van der Waals surface area (Å²) in [4.78, 5) is 7.07. The Morgan fingerprint density at radius 2 is 1.82 bits per heavy atom. The second kappa shape index (κ2) is 10.8. The van der Waals surface area contributed by atoms with Gasteiger partial charge in [0.05, 0.1) is 18.1 Å². The van der Waals surface area contributed by atoms with E-state index in [9.17, 15) is 8.42 Å². The van der Waals surface area contributed by atoms with Crippen LogP contribution in [0, 0.1) is 0 Å². The van der Waals surface area contributed by atoms with E-state index >= 15 is 0 Å². The first-order valence-corrected chi connectivity index (χ1v) is 11.9. The van der Waals surface area contributed by atoms with Gasteiger partial charge in [0.1, 0.15) is 0 Å². The first kappa shape index (κ1) is 23.4. The number of hydrogen-bond acceptors (Lipinski definition) is 4. The monoisotopic (exact) mass is 520 g/mol. The van der Waals surface area contributed by atoms with Crippen LogP contribution in [0.4, 0.5) is 0 Å². The molecule has 0 spiro atoms. The number of rotatable bonds is 7. The summed E-state index contributed by atoms with van der Waals surface area (Å²) in [5, 5.41) is 6.74. The average molecular weight is 520 g/mol. The van der Waals surface area contributed by atoms with Crippen LogP contribution in [0.15, 0.2) is 35.3 Å². The zero-order chi connectivity index (χ0) is 19.2. The van der Waals surface area contributed by atoms with Crippen LogP contribution < -0.4 is 10.6 Å². The van der Waals surface area contributed by atoms with Crippen molar-refractivity contribution < 1.29 is 8.42 Å². The lowest BCUT2D eigenvalue weighted by Crippen LogP contribution is -2.46. The Morgan fingerprint density at radius 3 is 2.39 bits per heavy atom. The normalized spacial score (nSPS) is 21.2. The maximum Gasteiger partial charge on any atom is 0.191 e. The average Bonchev–Trinajstić information content (AvgIpc) is 2.63. The van der Waals surface area contributed by atoms with Gasteiger partial charge in [0.25, 0.3) is 0 Å². The van der Waals surface area contributed by atoms with Crippen LogP contribution in [0.5, 0.6) is 0 Å². The van der Waals surface area contributed by atoms with Gasteiger partial charge in [-0.2, -0.15) is 0 Å². The van der Waals surface area contributed by atoms with Crippen LogP contribution in [-0.2, 0) is 15.3 Å². The van der Waals surface area contributed by atoms with E-state index in [1.54, 1.807) is 0 Å². The van der Waals surface area contributed by atoms with Gasteiger partial charge in [0.2, 0.25) is 0 Å². The predicted octanol–water partition coefficient (Wildman–Crippen LogP) is 2.01. The van der Waals surface area contributed by atoms with Crippen LogP contribution in [-0.4, -0.2) is 70.1 Å². The van der Waals surface area contributed by atoms with E-state index in [1.807, 2.05) is 0 Å². The fourth-order valence-corrected chi connectivity index (χ4v) is 5.09. The molecule has 8 heteroatoms. The molecule has 0 atom stereocenters. The van der Waals surface area contributed by atoms with Crippen molar-refractivity contribution in [2.24, 2.45) is 4.99 Å². The van der Waals surface area contributed by atoms with Crippen molar-refractivity contribution in [1.82, 2.24) is 15.5 Å². The van der Waals surface area contributed by atoms with E-state index in [2.05, 4.69) is 52.8 Å². The zero-order valence-corrected chi connectivity index (χ0v) is 19.8. The second-order valence-corrected chi connectivity index (χ2v) is 9.92. The van der Waals surface area contributed by atoms with E-state index in [1.165, 1.54) is 24.8 Å². The summed E-state index contributed by atoms with van der Waals surface area (Å²) >= 11 is 0. The molecule has 0 bridgehead atoms. The summed E-state index contributed by atoms with van der Waals surface area (Å²) in [6, 6.07) is 10.7. The third kappa shape index (κ3) is 6.32. The quantitative estimate of drug-likeness (QED) is 0.327. The molecule has 0 amide bonds. The molecule has 1 aliphatic heterocycles. The van der Waals surface area contributed by atoms with Gasteiger partial charge in [0.15, 0.2) is 15.8 Å². The highest BCUT2D eigenvalue weighted by molar-refractivity contribution is 14.0. The van der Waals surface area contributed by atoms with E-state index < -0.39 is 9.84 Å². The maximum atomic E-state index is 11.5. The summed E-state index contributed by atoms with van der Waals surface area (Å²) in [7, 11) is -2.81. The number of nitrogens with one attached hydrogen (secondary N) is 2. The van der Waals surface area contributed by atoms with Crippen LogP contribution >= 0.6 is 24.0 Å². The molecule has 1 heterocycles. The second-order valence-electron chi connectivity index (χ2n) is 7.62. The Hall–Kier alpha value is -0.870. The first-order chi connectivity index (χ1) is 13.0. The van der Waals surface area contributed by atoms with Gasteiger partial charge in [-0.05, 0) is 25.3 Å². The molecule has 1 aliphatic carbocycles. The lowest BCUT2D eigenvalue weighted by Gasteiger charge is -2.41. The number of hydrogen-bond donors (Lipinski definition) is 2. The molecule has 1 saturated heterocycles. The molecule has 158 valence electrons. The molecule has 0 aromatic heterocycles. The van der Waals surface area contributed by atoms with Crippen LogP contribution in [0.25, 0.3) is 0 Å². The summed E-state index contributed by atoms with van der Waals surface area (Å²) < 4.78 is 23.0. The minimum atomic E-state index is -2.81. The predicted molar refractivity (Wildman–Crippen MR) is 126 cm³/mol. The van der Waals surface area contributed by atoms with Gasteiger partial charge in [-0.1, -0.05) is 36.8 Å². The van der Waals surface area contributed by atoms with Gasteiger partial charge >= 0.3 is 0 Å². The standard InChI is InChI=1S/C20H32N4O2S.HI/c1-2-21-19(22-11-12-24-13-15-27(25,26)16-14-24)23-17-20(9-6-10-20)18-7-4-3-5-8-18;/h3-5,7-8H,2,6,9-17H2,1H3,(H2,21,22,23);1H. The SMILES string of the molecule is CCNC(=NCC1(c2ccccc2)CCC1)NCCN1CCS(=O)(=O)CC1.I. The van der Waals surface area contributed by atoms with Crippen molar-refractivity contribution in [2.45, 2.75) is 31.6 Å². The fraction of sp³-hybridized carbons (Fsp3) is 0.650. The lowest BCUT2D eigenvalue weighted by atomic mass is 9.64. The maximum absolute atomic E-state index is 11.5. The molecule has 0 unspecified atom stereocenters. The largest absolute Gasteiger partial charge is 0.357 e. The number of benzene rings is 1. The third-order valence-electron chi connectivity index (χ3n) is 5.74. The molecular formula is C20H33IN4O2S. The van der Waals surface area contributed by atoms with Crippen molar-refractivity contribution >= 4 is 39.8 Å². The molecule has 3 rings (SSSR count). The van der Waals surface area contributed by atoms with Crippen molar-refractivity contribution in [3.63, 3.8) is 0 Å². The van der Waals surface area contributed by atoms with Crippen molar-refractivity contribution in [3.8, 4) is 0 Å². The van der Waals surface area contributed by atoms with Crippen LogP contribution in [0.1, 0.15) is 31.7 Å². The Balaban J connectivity index is 0.00000280. The van der Waals surface area contributed by atoms with Crippen LogP contribution in [0.2, 0.25) is 0 Å². The first-order valence-electron chi connectivity index (χ1n) is 10.0. The highest BCUT2D eigenvalue weighted by atomic mass is 127. The zero-order valence-electron chi connectivity index (χ0n) is 16.7. The molecule has 6 nitrogen and oxygen atoms in total. The number of aliphatic imine (C=N–C) groups is 1. The molecule has 2 fully saturated rings. The Kier molecular flexibility index (Phi) is 9.01. The van der Waals surface area contributed by atoms with Crippen LogP contribution in [0.3, 0.4) is 0 Å². The molecule has 28 heavy (non-hydrogen) atoms. The van der Waals surface area contributed by atoms with E-state index in [4.69, 9.17) is 4.99 Å². The smallest absolute Gasteiger partial charge is 0.191 e. The van der Waals surface area contributed by atoms with Gasteiger partial charge in [-0.3, -0.25) is 9.89 Å². The molecule has 2 aliphatic rings. The van der Waals surface area contributed by atoms with E-state index in [-0.39, 0.29) is 40.9 Å². The van der Waals surface area contributed by atoms with Gasteiger partial charge in [0, 0.05) is 38.1 Å². The Morgan fingerprint density at radius 1 is 1.14 bits per heavy atom. The minimum Gasteiger partial charge on any atom is -0.357 e. The highest BCUT2D eigenvalue weighted by Gasteiger charge is 2.38. The number of halogens is 1. The number of guanidine groups is 1. The summed E-state index contributed by atoms with van der Waals surface area (Å²) in [5.74, 6) is 1.41. The number of nitrogens with zero attached hydrogens (tertiary/aromatic N) is 2. The van der Waals surface area contributed by atoms with Crippen molar-refractivity contribution in [1.29, 1.82) is 0 Å². The van der Waals surface area contributed by atoms with Gasteiger partial charge in [-0.15, -0.1) is 24.0 Å². The summed E-state index contributed by atoms with van der Waals surface area (Å²) in [6.45, 7) is 6.57. The van der Waals surface area contributed by atoms with Gasteiger partial charge in [-0.25, -0.2) is 8.42 Å². The van der Waals surface area contributed by atoms with E-state index in [0.29, 0.717) is 13.1 Å². The number of sulfone groups is 1. The molecule has 2 N–H and O–H groups in total. The summed E-state index contributed by atoms with van der Waals surface area (Å²) in [5.41, 5.74) is 1.58. The lowest BCUT2D eigenvalue weighted by molar-refractivity contribution is 0.253. The molecule has 1 aromatic rings. The van der Waals surface area contributed by atoms with E-state index in [0.717, 1.165) is 32.1 Å². The molecule has 1 aromatic carbocycles. The molecular weight excluding hydrogens is 487 g/mol. The Bertz CT molecular complexity index is 722. The highest BCUT2D eigenvalue weighted by Crippen LogP contribution is 2.43. The fourth-order valence-electron chi connectivity index (χ4n) is 3.81. The minimum absolute atomic E-state index is 0. The molecule has 0 radical (unpaired) electrons. The molecule has 1 saturated carbocycles. The van der Waals surface area contributed by atoms with Crippen molar-refractivity contribution in [3.05, 3.63) is 35.9 Å². The third-order valence-corrected chi connectivity index (χ3v) is 7.35. The topological polar surface area (TPSA) is 73.8 Å². The Labute approximate surface area is 186 Å². The summed E-state index contributed by atoms with van der Waals surface area (Å²) in [6.07, 6.45) is 3.66. The van der Waals surface area contributed by atoms with Crippen molar-refractivity contribution in [2.75, 3.05) is 50.8 Å².